The summed E-state index contributed by atoms with van der Waals surface area (Å²) in [7, 11) is 0. The lowest BCUT2D eigenvalue weighted by Crippen LogP contribution is -2.40. The van der Waals surface area contributed by atoms with Gasteiger partial charge in [0.15, 0.2) is 11.2 Å². The van der Waals surface area contributed by atoms with E-state index < -0.39 is 34.7 Å². The number of anilines is 1. The monoisotopic (exact) mass is 541 g/mol. The lowest BCUT2D eigenvalue weighted by atomic mass is 9.98. The molecular formula is C26H25F6N3OS. The van der Waals surface area contributed by atoms with Crippen LogP contribution in [0.3, 0.4) is 0 Å². The Morgan fingerprint density at radius 3 is 2.16 bits per heavy atom. The van der Waals surface area contributed by atoms with Crippen LogP contribution in [0.15, 0.2) is 72.8 Å². The number of nitrogens with one attached hydrogen (secondary N) is 2. The lowest BCUT2D eigenvalue weighted by molar-refractivity contribution is -0.143. The van der Waals surface area contributed by atoms with Crippen LogP contribution in [0.1, 0.15) is 29.5 Å². The first-order valence-electron chi connectivity index (χ1n) is 11.6. The number of halogens is 6. The third-order valence-corrected chi connectivity index (χ3v) is 7.39. The highest BCUT2D eigenvalue weighted by Gasteiger charge is 2.37. The van der Waals surface area contributed by atoms with Crippen molar-refractivity contribution in [3.05, 3.63) is 89.5 Å². The Hall–Kier alpha value is -2.89. The number of benzene rings is 3. The van der Waals surface area contributed by atoms with Gasteiger partial charge < -0.3 is 5.32 Å². The Morgan fingerprint density at radius 1 is 0.838 bits per heavy atom. The zero-order chi connectivity index (χ0) is 26.6. The Labute approximate surface area is 213 Å². The molecule has 2 N–H and O–H groups in total. The molecule has 0 spiro atoms. The van der Waals surface area contributed by atoms with Gasteiger partial charge in [0.05, 0.1) is 11.1 Å². The van der Waals surface area contributed by atoms with Gasteiger partial charge in [-0.05, 0) is 65.9 Å². The molecule has 0 saturated carbocycles. The second-order valence-corrected chi connectivity index (χ2v) is 9.95. The molecule has 11 heteroatoms. The van der Waals surface area contributed by atoms with E-state index in [2.05, 4.69) is 10.0 Å². The van der Waals surface area contributed by atoms with Crippen molar-refractivity contribution in [2.75, 3.05) is 17.8 Å². The molecule has 4 rings (SSSR count). The number of rotatable bonds is 8. The zero-order valence-corrected chi connectivity index (χ0v) is 20.4. The Kier molecular flexibility index (Phi) is 8.25. The summed E-state index contributed by atoms with van der Waals surface area (Å²) in [5, 5.41) is 3.28. The van der Waals surface area contributed by atoms with E-state index in [-0.39, 0.29) is 23.2 Å². The first-order valence-corrected chi connectivity index (χ1v) is 12.7. The van der Waals surface area contributed by atoms with Crippen LogP contribution in [-0.2, 0) is 30.1 Å². The Balaban J connectivity index is 1.43. The van der Waals surface area contributed by atoms with E-state index in [1.807, 2.05) is 34.6 Å². The molecule has 3 aromatic carbocycles. The number of para-hydroxylation sites is 1. The average Bonchev–Trinajstić information content (AvgIpc) is 3.32. The van der Waals surface area contributed by atoms with E-state index in [9.17, 15) is 30.6 Å². The Bertz CT molecular complexity index is 1200. The van der Waals surface area contributed by atoms with Gasteiger partial charge in [0.1, 0.15) is 0 Å². The second kappa shape index (κ2) is 11.2. The summed E-state index contributed by atoms with van der Waals surface area (Å²) in [5.41, 5.74) is -1.14. The largest absolute Gasteiger partial charge is 0.416 e. The van der Waals surface area contributed by atoms with Gasteiger partial charge in [-0.25, -0.2) is 8.51 Å². The fourth-order valence-electron chi connectivity index (χ4n) is 4.26. The van der Waals surface area contributed by atoms with E-state index in [4.69, 9.17) is 0 Å². The van der Waals surface area contributed by atoms with Gasteiger partial charge in [0.2, 0.25) is 0 Å². The topological polar surface area (TPSA) is 44.4 Å². The fourth-order valence-corrected chi connectivity index (χ4v) is 5.46. The average molecular weight is 542 g/mol. The predicted molar refractivity (Wildman–Crippen MR) is 132 cm³/mol. The molecule has 1 aliphatic heterocycles. The van der Waals surface area contributed by atoms with Crippen LogP contribution in [0.2, 0.25) is 0 Å². The van der Waals surface area contributed by atoms with Gasteiger partial charge in [0, 0.05) is 31.4 Å². The molecule has 2 atom stereocenters. The smallest absolute Gasteiger partial charge is 0.311 e. The number of nitrogens with zero attached hydrogens (tertiary/aromatic N) is 1. The quantitative estimate of drug-likeness (QED) is 0.314. The standard InChI is InChI=1S/C26H25F6N3OS/c27-25(28,29)21-13-20(14-22(15-21)26(30,31)32)19-7-4-6-18(12-19)16-33-17-24-10-5-11-35(24)37(36)34-23-8-2-1-3-9-23/h1-4,6-9,12-15,24,33-34H,5,10-11,16-17H2. The molecule has 0 bridgehead atoms. The maximum atomic E-state index is 13.2. The third-order valence-electron chi connectivity index (χ3n) is 6.07. The molecule has 0 amide bonds. The van der Waals surface area contributed by atoms with E-state index in [0.29, 0.717) is 25.2 Å². The molecule has 198 valence electrons. The van der Waals surface area contributed by atoms with Crippen molar-refractivity contribution in [2.24, 2.45) is 0 Å². The maximum Gasteiger partial charge on any atom is 0.416 e. The number of hydrogen-bond donors (Lipinski definition) is 2. The van der Waals surface area contributed by atoms with E-state index in [1.165, 1.54) is 6.07 Å². The van der Waals surface area contributed by atoms with Crippen molar-refractivity contribution in [2.45, 2.75) is 37.8 Å². The summed E-state index contributed by atoms with van der Waals surface area (Å²) in [6.45, 7) is 1.54. The molecule has 1 fully saturated rings. The Morgan fingerprint density at radius 2 is 1.51 bits per heavy atom. The van der Waals surface area contributed by atoms with Crippen LogP contribution >= 0.6 is 0 Å². The first-order chi connectivity index (χ1) is 17.5. The molecule has 0 radical (unpaired) electrons. The molecule has 2 unspecified atom stereocenters. The van der Waals surface area contributed by atoms with E-state index in [0.717, 1.165) is 30.7 Å². The van der Waals surface area contributed by atoms with Crippen LogP contribution in [0, 0.1) is 0 Å². The van der Waals surface area contributed by atoms with Crippen molar-refractivity contribution in [1.29, 1.82) is 0 Å². The van der Waals surface area contributed by atoms with Gasteiger partial charge in [-0.15, -0.1) is 0 Å². The molecule has 37 heavy (non-hydrogen) atoms. The zero-order valence-electron chi connectivity index (χ0n) is 19.6. The summed E-state index contributed by atoms with van der Waals surface area (Å²) in [4.78, 5) is 0. The number of hydrogen-bond acceptors (Lipinski definition) is 2. The molecular weight excluding hydrogens is 516 g/mol. The van der Waals surface area contributed by atoms with Crippen LogP contribution in [-0.4, -0.2) is 27.6 Å². The van der Waals surface area contributed by atoms with Crippen LogP contribution in [0.4, 0.5) is 32.0 Å². The second-order valence-electron chi connectivity index (χ2n) is 8.78. The van der Waals surface area contributed by atoms with Gasteiger partial charge in [-0.1, -0.05) is 36.4 Å². The van der Waals surface area contributed by atoms with Gasteiger partial charge in [-0.3, -0.25) is 4.72 Å². The van der Waals surface area contributed by atoms with Crippen LogP contribution < -0.4 is 10.0 Å². The summed E-state index contributed by atoms with van der Waals surface area (Å²) in [5.74, 6) is 0. The molecule has 1 aliphatic rings. The molecule has 3 aromatic rings. The van der Waals surface area contributed by atoms with Crippen molar-refractivity contribution in [3.63, 3.8) is 0 Å². The minimum Gasteiger partial charge on any atom is -0.311 e. The highest BCUT2D eigenvalue weighted by Crippen LogP contribution is 2.38. The van der Waals surface area contributed by atoms with Crippen LogP contribution in [0.25, 0.3) is 11.1 Å². The predicted octanol–water partition coefficient (Wildman–Crippen LogP) is 6.64. The summed E-state index contributed by atoms with van der Waals surface area (Å²) >= 11 is -1.41. The maximum absolute atomic E-state index is 13.2. The first kappa shape index (κ1) is 27.2. The normalized spacial score (nSPS) is 17.6. The molecule has 0 aliphatic carbocycles. The fraction of sp³-hybridized carbons (Fsp3) is 0.308. The van der Waals surface area contributed by atoms with Crippen LogP contribution in [0.5, 0.6) is 0 Å². The summed E-state index contributed by atoms with van der Waals surface area (Å²) in [6, 6.07) is 17.2. The highest BCUT2D eigenvalue weighted by atomic mass is 32.2. The molecule has 4 nitrogen and oxygen atoms in total. The highest BCUT2D eigenvalue weighted by molar-refractivity contribution is 7.84. The van der Waals surface area contributed by atoms with E-state index in [1.54, 1.807) is 18.2 Å². The van der Waals surface area contributed by atoms with Crippen molar-refractivity contribution in [3.8, 4) is 11.1 Å². The molecule has 1 heterocycles. The summed E-state index contributed by atoms with van der Waals surface area (Å²) < 4.78 is 97.1. The van der Waals surface area contributed by atoms with E-state index >= 15 is 0 Å². The third kappa shape index (κ3) is 7.12. The van der Waals surface area contributed by atoms with Crippen molar-refractivity contribution < 1.29 is 30.6 Å². The van der Waals surface area contributed by atoms with Gasteiger partial charge >= 0.3 is 12.4 Å². The lowest BCUT2D eigenvalue weighted by Gasteiger charge is -2.24. The minimum atomic E-state index is -4.90. The molecule has 0 aromatic heterocycles. The van der Waals surface area contributed by atoms with Gasteiger partial charge in [0.25, 0.3) is 0 Å². The SMILES string of the molecule is O=S(Nc1ccccc1)N1CCCC1CNCc1cccc(-c2cc(C(F)(F)F)cc(C(F)(F)F)c2)c1. The van der Waals surface area contributed by atoms with Gasteiger partial charge in [-0.2, -0.15) is 26.3 Å². The number of alkyl halides is 6. The minimum absolute atomic E-state index is 0.0121. The van der Waals surface area contributed by atoms with Crippen molar-refractivity contribution >= 4 is 16.9 Å². The summed E-state index contributed by atoms with van der Waals surface area (Å²) in [6.07, 6.45) is -8.07. The van der Waals surface area contributed by atoms with Crippen molar-refractivity contribution in [1.82, 2.24) is 9.62 Å². The molecule has 1 saturated heterocycles.